The zero-order chi connectivity index (χ0) is 43.7. The van der Waals surface area contributed by atoms with Gasteiger partial charge in [0, 0.05) is 39.3 Å². The zero-order valence-electron chi connectivity index (χ0n) is 37.2. The number of aryl methyl sites for hydroxylation is 1. The van der Waals surface area contributed by atoms with Gasteiger partial charge in [0.05, 0.1) is 32.7 Å². The van der Waals surface area contributed by atoms with Crippen LogP contribution in [0.15, 0.2) is 188 Å². The molecule has 5 nitrogen and oxygen atoms in total. The fourth-order valence-electron chi connectivity index (χ4n) is 9.63. The summed E-state index contributed by atoms with van der Waals surface area (Å²) in [6.45, 7) is 9.41. The quantitative estimate of drug-likeness (QED) is 0.123. The van der Waals surface area contributed by atoms with E-state index in [-0.39, 0.29) is 10.8 Å². The minimum Gasteiger partial charge on any atom is -0.497 e. The molecule has 8 aromatic carbocycles. The summed E-state index contributed by atoms with van der Waals surface area (Å²) in [5, 5.41) is 0. The Kier molecular flexibility index (Phi) is 11.0. The number of hydrogen-bond acceptors (Lipinski definition) is 5. The van der Waals surface area contributed by atoms with Crippen LogP contribution in [0.3, 0.4) is 0 Å². The molecule has 1 unspecified atom stereocenters. The Morgan fingerprint density at radius 3 is 1.27 bits per heavy atom. The van der Waals surface area contributed by atoms with Gasteiger partial charge in [0.15, 0.2) is 0 Å². The molecule has 0 N–H and O–H groups in total. The predicted octanol–water partition coefficient (Wildman–Crippen LogP) is 15.3. The Morgan fingerprint density at radius 1 is 0.413 bits per heavy atom. The molecule has 5 heteroatoms. The van der Waals surface area contributed by atoms with Gasteiger partial charge in [0.1, 0.15) is 17.2 Å². The van der Waals surface area contributed by atoms with Crippen LogP contribution in [0.2, 0.25) is 0 Å². The van der Waals surface area contributed by atoms with Gasteiger partial charge in [-0.15, -0.1) is 0 Å². The minimum atomic E-state index is -0.342. The van der Waals surface area contributed by atoms with Gasteiger partial charge in [-0.05, 0) is 150 Å². The maximum absolute atomic E-state index is 5.62. The van der Waals surface area contributed by atoms with Gasteiger partial charge in [-0.25, -0.2) is 0 Å². The summed E-state index contributed by atoms with van der Waals surface area (Å²) < 4.78 is 16.9. The first-order valence-electron chi connectivity index (χ1n) is 21.6. The highest BCUT2D eigenvalue weighted by Crippen LogP contribution is 2.57. The lowest BCUT2D eigenvalue weighted by molar-refractivity contribution is 0.414. The maximum atomic E-state index is 5.62. The van der Waals surface area contributed by atoms with Crippen molar-refractivity contribution < 1.29 is 14.2 Å². The van der Waals surface area contributed by atoms with Gasteiger partial charge < -0.3 is 24.0 Å². The molecular formula is C58H54N2O3. The second-order valence-corrected chi connectivity index (χ2v) is 17.4. The van der Waals surface area contributed by atoms with E-state index in [4.69, 9.17) is 14.2 Å². The molecule has 314 valence electrons. The lowest BCUT2D eigenvalue weighted by Crippen LogP contribution is -2.24. The number of fused-ring (bicyclic) bond motifs is 1. The summed E-state index contributed by atoms with van der Waals surface area (Å²) in [5.74, 6) is 2.44. The van der Waals surface area contributed by atoms with E-state index in [0.29, 0.717) is 0 Å². The van der Waals surface area contributed by atoms with Crippen molar-refractivity contribution in [2.75, 3.05) is 31.1 Å². The van der Waals surface area contributed by atoms with Crippen molar-refractivity contribution in [3.05, 3.63) is 210 Å². The van der Waals surface area contributed by atoms with Crippen LogP contribution in [-0.4, -0.2) is 21.3 Å². The van der Waals surface area contributed by atoms with Gasteiger partial charge in [-0.3, -0.25) is 0 Å². The molecule has 63 heavy (non-hydrogen) atoms. The van der Waals surface area contributed by atoms with Crippen molar-refractivity contribution in [3.8, 4) is 39.5 Å². The molecule has 1 atom stereocenters. The summed E-state index contributed by atoms with van der Waals surface area (Å²) in [4.78, 5) is 4.77. The first kappa shape index (κ1) is 41.1. The molecule has 0 fully saturated rings. The first-order valence-corrected chi connectivity index (χ1v) is 21.6. The molecule has 0 bridgehead atoms. The lowest BCUT2D eigenvalue weighted by Gasteiger charge is -2.33. The molecule has 0 saturated carbocycles. The van der Waals surface area contributed by atoms with E-state index in [1.807, 2.05) is 36.4 Å². The molecule has 0 heterocycles. The number of methoxy groups -OCH3 is 3. The van der Waals surface area contributed by atoms with E-state index in [9.17, 15) is 0 Å². The van der Waals surface area contributed by atoms with Crippen LogP contribution in [0.4, 0.5) is 34.1 Å². The summed E-state index contributed by atoms with van der Waals surface area (Å²) in [5.41, 5.74) is 15.7. The second-order valence-electron chi connectivity index (χ2n) is 17.4. The molecular weight excluding hydrogens is 773 g/mol. The molecule has 0 amide bonds. The third kappa shape index (κ3) is 7.80. The maximum Gasteiger partial charge on any atom is 0.119 e. The predicted molar refractivity (Wildman–Crippen MR) is 262 cm³/mol. The lowest BCUT2D eigenvalue weighted by atomic mass is 9.74. The third-order valence-electron chi connectivity index (χ3n) is 12.8. The smallest absolute Gasteiger partial charge is 0.119 e. The van der Waals surface area contributed by atoms with E-state index in [0.717, 1.165) is 68.9 Å². The van der Waals surface area contributed by atoms with E-state index >= 15 is 0 Å². The number of anilines is 6. The van der Waals surface area contributed by atoms with Gasteiger partial charge >= 0.3 is 0 Å². The fraction of sp³-hybridized carbons (Fsp3) is 0.172. The summed E-state index contributed by atoms with van der Waals surface area (Å²) >= 11 is 0. The zero-order valence-corrected chi connectivity index (χ0v) is 37.2. The van der Waals surface area contributed by atoms with Crippen molar-refractivity contribution in [1.82, 2.24) is 0 Å². The van der Waals surface area contributed by atoms with E-state index in [1.54, 1.807) is 21.3 Å². The first-order chi connectivity index (χ1) is 30.6. The Morgan fingerprint density at radius 2 is 0.825 bits per heavy atom. The van der Waals surface area contributed by atoms with E-state index in [1.165, 1.54) is 33.4 Å². The Hall–Kier alpha value is -7.24. The van der Waals surface area contributed by atoms with Crippen molar-refractivity contribution in [1.29, 1.82) is 0 Å². The van der Waals surface area contributed by atoms with Crippen LogP contribution in [0.25, 0.3) is 22.3 Å². The summed E-state index contributed by atoms with van der Waals surface area (Å²) in [6.07, 6.45) is 0.926. The monoisotopic (exact) mass is 826 g/mol. The van der Waals surface area contributed by atoms with Crippen LogP contribution in [0, 0.1) is 6.92 Å². The van der Waals surface area contributed by atoms with Crippen LogP contribution in [-0.2, 0) is 10.8 Å². The number of hydrogen-bond donors (Lipinski definition) is 0. The van der Waals surface area contributed by atoms with Gasteiger partial charge in [-0.2, -0.15) is 0 Å². The number of benzene rings is 8. The van der Waals surface area contributed by atoms with E-state index in [2.05, 4.69) is 189 Å². The SMILES string of the molecule is COc1ccc(N(c2ccc(OC)cc2)c2cc(C3(C)CC(C)(C)c4cc(N(c5ccc(C)cc5)c5ccc(OC)cc5)c(-c5ccccc5)cc43)ccc2-c2ccccc2)cc1. The van der Waals surface area contributed by atoms with Crippen molar-refractivity contribution in [2.24, 2.45) is 0 Å². The highest BCUT2D eigenvalue weighted by molar-refractivity contribution is 5.91. The number of ether oxygens (including phenoxy) is 3. The molecule has 0 aliphatic heterocycles. The summed E-state index contributed by atoms with van der Waals surface area (Å²) in [6, 6.07) is 67.6. The molecule has 8 aromatic rings. The Bertz CT molecular complexity index is 2790. The van der Waals surface area contributed by atoms with Crippen molar-refractivity contribution >= 4 is 34.1 Å². The highest BCUT2D eigenvalue weighted by atomic mass is 16.5. The number of nitrogens with zero attached hydrogens (tertiary/aromatic N) is 2. The van der Waals surface area contributed by atoms with Crippen LogP contribution < -0.4 is 24.0 Å². The van der Waals surface area contributed by atoms with Crippen LogP contribution >= 0.6 is 0 Å². The van der Waals surface area contributed by atoms with Gasteiger partial charge in [0.25, 0.3) is 0 Å². The average molecular weight is 827 g/mol. The van der Waals surface area contributed by atoms with Crippen LogP contribution in [0.1, 0.15) is 49.4 Å². The molecule has 0 aromatic heterocycles. The minimum absolute atomic E-state index is 0.156. The molecule has 0 spiro atoms. The van der Waals surface area contributed by atoms with E-state index < -0.39 is 0 Å². The van der Waals surface area contributed by atoms with Crippen LogP contribution in [0.5, 0.6) is 17.2 Å². The summed E-state index contributed by atoms with van der Waals surface area (Å²) in [7, 11) is 5.13. The normalized spacial score (nSPS) is 15.0. The topological polar surface area (TPSA) is 34.2 Å². The highest BCUT2D eigenvalue weighted by Gasteiger charge is 2.47. The Balaban J connectivity index is 1.28. The molecule has 0 radical (unpaired) electrons. The molecule has 1 aliphatic carbocycles. The van der Waals surface area contributed by atoms with Gasteiger partial charge in [0.2, 0.25) is 0 Å². The molecule has 0 saturated heterocycles. The standard InChI is InChI=1S/C58H54N2O3/c1-40-18-21-44(22-19-40)60(47-27-33-50(63-7)34-28-47)56-38-53-54(37-52(56)42-16-12-9-13-17-42)58(4,39-57(53,2)3)43-20-35-51(41-14-10-8-11-15-41)55(36-43)59(45-23-29-48(61-5)30-24-45)46-25-31-49(62-6)32-26-46/h8-38H,39H2,1-7H3. The third-order valence-corrected chi connectivity index (χ3v) is 12.8. The second kappa shape index (κ2) is 16.9. The number of rotatable bonds is 12. The molecule has 1 aliphatic rings. The fourth-order valence-corrected chi connectivity index (χ4v) is 9.63. The Labute approximate surface area is 372 Å². The van der Waals surface area contributed by atoms with Crippen molar-refractivity contribution in [2.45, 2.75) is 44.9 Å². The largest absolute Gasteiger partial charge is 0.497 e. The van der Waals surface area contributed by atoms with Crippen molar-refractivity contribution in [3.63, 3.8) is 0 Å². The average Bonchev–Trinajstić information content (AvgIpc) is 3.54. The van der Waals surface area contributed by atoms with Gasteiger partial charge in [-0.1, -0.05) is 111 Å². The molecule has 9 rings (SSSR count).